The Hall–Kier alpha value is -1.18. The molecule has 0 atom stereocenters. The number of pyridine rings is 1. The van der Waals surface area contributed by atoms with Crippen molar-refractivity contribution in [3.8, 4) is 0 Å². The van der Waals surface area contributed by atoms with Gasteiger partial charge in [0, 0.05) is 12.7 Å². The average Bonchev–Trinajstić information content (AvgIpc) is 2.53. The van der Waals surface area contributed by atoms with E-state index in [0.29, 0.717) is 18.3 Å². The average molecular weight is 312 g/mol. The monoisotopic (exact) mass is 312 g/mol. The van der Waals surface area contributed by atoms with Crippen LogP contribution in [0.3, 0.4) is 0 Å². The zero-order valence-corrected chi connectivity index (χ0v) is 13.2. The van der Waals surface area contributed by atoms with Gasteiger partial charge in [0.25, 0.3) is 0 Å². The molecule has 1 aromatic rings. The number of nitrogens with two attached hydrogens (primary N) is 1. The zero-order chi connectivity index (χ0) is 15.3. The van der Waals surface area contributed by atoms with Crippen LogP contribution in [0.15, 0.2) is 23.2 Å². The van der Waals surface area contributed by atoms with Gasteiger partial charge in [0.1, 0.15) is 10.7 Å². The summed E-state index contributed by atoms with van der Waals surface area (Å²) >= 11 is 0. The topological polar surface area (TPSA) is 97.1 Å². The van der Waals surface area contributed by atoms with Crippen molar-refractivity contribution >= 4 is 15.8 Å². The van der Waals surface area contributed by atoms with Gasteiger partial charge in [-0.05, 0) is 36.8 Å². The van der Waals surface area contributed by atoms with Gasteiger partial charge in [-0.15, -0.1) is 0 Å². The molecule has 1 heterocycles. The Bertz CT molecular complexity index is 537. The lowest BCUT2D eigenvalue weighted by Crippen LogP contribution is -2.31. The molecule has 0 aromatic carbocycles. The lowest BCUT2D eigenvalue weighted by molar-refractivity contribution is 0.270. The summed E-state index contributed by atoms with van der Waals surface area (Å²) in [5.74, 6) is 6.91. The number of hydrazine groups is 1. The maximum absolute atomic E-state index is 12.2. The summed E-state index contributed by atoms with van der Waals surface area (Å²) in [6.07, 6.45) is 7.17. The van der Waals surface area contributed by atoms with E-state index in [1.807, 2.05) is 0 Å². The van der Waals surface area contributed by atoms with Crippen LogP contribution in [0.2, 0.25) is 0 Å². The van der Waals surface area contributed by atoms with Crippen molar-refractivity contribution in [1.29, 1.82) is 0 Å². The fourth-order valence-electron chi connectivity index (χ4n) is 2.78. The second kappa shape index (κ2) is 7.20. The van der Waals surface area contributed by atoms with Crippen molar-refractivity contribution in [1.82, 2.24) is 9.71 Å². The predicted molar refractivity (Wildman–Crippen MR) is 83.0 cm³/mol. The molecule has 0 radical (unpaired) electrons. The SMILES string of the molecule is CCC1CCC(CNS(=O)(=O)c2ccc(NN)nc2)CC1. The summed E-state index contributed by atoms with van der Waals surface area (Å²) in [6, 6.07) is 3.04. The second-order valence-electron chi connectivity index (χ2n) is 5.67. The van der Waals surface area contributed by atoms with Crippen LogP contribution < -0.4 is 16.0 Å². The lowest BCUT2D eigenvalue weighted by atomic mass is 9.81. The van der Waals surface area contributed by atoms with E-state index in [9.17, 15) is 8.42 Å². The third-order valence-corrected chi connectivity index (χ3v) is 5.71. The molecule has 0 amide bonds. The first-order valence-corrected chi connectivity index (χ1v) is 8.95. The summed E-state index contributed by atoms with van der Waals surface area (Å²) < 4.78 is 27.1. The van der Waals surface area contributed by atoms with E-state index in [1.54, 1.807) is 6.07 Å². The van der Waals surface area contributed by atoms with E-state index in [1.165, 1.54) is 31.5 Å². The molecule has 4 N–H and O–H groups in total. The van der Waals surface area contributed by atoms with Crippen LogP contribution in [0.25, 0.3) is 0 Å². The fourth-order valence-corrected chi connectivity index (χ4v) is 3.84. The summed E-state index contributed by atoms with van der Waals surface area (Å²) in [5.41, 5.74) is 2.37. The highest BCUT2D eigenvalue weighted by Gasteiger charge is 2.22. The smallest absolute Gasteiger partial charge is 0.242 e. The van der Waals surface area contributed by atoms with Crippen molar-refractivity contribution in [3.05, 3.63) is 18.3 Å². The molecule has 0 aliphatic heterocycles. The molecule has 118 valence electrons. The number of sulfonamides is 1. The van der Waals surface area contributed by atoms with Gasteiger partial charge in [-0.2, -0.15) is 0 Å². The maximum Gasteiger partial charge on any atom is 0.242 e. The number of rotatable bonds is 6. The standard InChI is InChI=1S/C14H24N4O2S/c1-2-11-3-5-12(6-4-11)9-17-21(19,20)13-7-8-14(18-15)16-10-13/h7-8,10-12,17H,2-6,9,15H2,1H3,(H,16,18). The molecular formula is C14H24N4O2S. The van der Waals surface area contributed by atoms with Crippen molar-refractivity contribution in [2.24, 2.45) is 17.7 Å². The molecule has 0 bridgehead atoms. The third-order valence-electron chi connectivity index (χ3n) is 4.30. The number of nitrogens with zero attached hydrogens (tertiary/aromatic N) is 1. The molecular weight excluding hydrogens is 288 g/mol. The van der Waals surface area contributed by atoms with E-state index < -0.39 is 10.0 Å². The number of anilines is 1. The van der Waals surface area contributed by atoms with E-state index in [0.717, 1.165) is 18.8 Å². The minimum absolute atomic E-state index is 0.170. The quantitative estimate of drug-likeness (QED) is 0.550. The molecule has 2 rings (SSSR count). The van der Waals surface area contributed by atoms with E-state index in [4.69, 9.17) is 5.84 Å². The Morgan fingerprint density at radius 2 is 1.90 bits per heavy atom. The van der Waals surface area contributed by atoms with Crippen molar-refractivity contribution in [2.45, 2.75) is 43.9 Å². The van der Waals surface area contributed by atoms with E-state index >= 15 is 0 Å². The van der Waals surface area contributed by atoms with Gasteiger partial charge < -0.3 is 5.43 Å². The first-order chi connectivity index (χ1) is 10.0. The molecule has 21 heavy (non-hydrogen) atoms. The van der Waals surface area contributed by atoms with Crippen LogP contribution in [0.4, 0.5) is 5.82 Å². The van der Waals surface area contributed by atoms with E-state index in [-0.39, 0.29) is 4.90 Å². The number of hydrogen-bond acceptors (Lipinski definition) is 5. The summed E-state index contributed by atoms with van der Waals surface area (Å²) in [4.78, 5) is 4.09. The number of nitrogens with one attached hydrogen (secondary N) is 2. The van der Waals surface area contributed by atoms with Gasteiger partial charge in [-0.1, -0.05) is 26.2 Å². The highest BCUT2D eigenvalue weighted by Crippen LogP contribution is 2.30. The van der Waals surface area contributed by atoms with Crippen LogP contribution in [-0.4, -0.2) is 19.9 Å². The number of nitrogen functional groups attached to an aromatic ring is 1. The van der Waals surface area contributed by atoms with Crippen LogP contribution >= 0.6 is 0 Å². The first kappa shape index (κ1) is 16.2. The van der Waals surface area contributed by atoms with Crippen molar-refractivity contribution in [3.63, 3.8) is 0 Å². The van der Waals surface area contributed by atoms with Crippen molar-refractivity contribution < 1.29 is 8.42 Å². The Morgan fingerprint density at radius 3 is 2.43 bits per heavy atom. The molecule has 0 spiro atoms. The van der Waals surface area contributed by atoms with Crippen LogP contribution in [0.1, 0.15) is 39.0 Å². The second-order valence-corrected chi connectivity index (χ2v) is 7.44. The van der Waals surface area contributed by atoms with Crippen molar-refractivity contribution in [2.75, 3.05) is 12.0 Å². The van der Waals surface area contributed by atoms with Crippen LogP contribution in [-0.2, 0) is 10.0 Å². The Kier molecular flexibility index (Phi) is 5.55. The van der Waals surface area contributed by atoms with Gasteiger partial charge >= 0.3 is 0 Å². The number of hydrogen-bond donors (Lipinski definition) is 3. The predicted octanol–water partition coefficient (Wildman–Crippen LogP) is 1.86. The molecule has 6 nitrogen and oxygen atoms in total. The first-order valence-electron chi connectivity index (χ1n) is 7.47. The largest absolute Gasteiger partial charge is 0.308 e. The summed E-state index contributed by atoms with van der Waals surface area (Å²) in [6.45, 7) is 2.73. The van der Waals surface area contributed by atoms with Gasteiger partial charge in [-0.25, -0.2) is 24.0 Å². The molecule has 1 fully saturated rings. The Labute approximate surface area is 126 Å². The molecule has 1 aromatic heterocycles. The van der Waals surface area contributed by atoms with Gasteiger partial charge in [-0.3, -0.25) is 0 Å². The van der Waals surface area contributed by atoms with Crippen LogP contribution in [0.5, 0.6) is 0 Å². The van der Waals surface area contributed by atoms with Gasteiger partial charge in [0.2, 0.25) is 10.0 Å². The number of aromatic nitrogens is 1. The normalized spacial score (nSPS) is 23.0. The Balaban J connectivity index is 1.89. The van der Waals surface area contributed by atoms with Gasteiger partial charge in [0.05, 0.1) is 0 Å². The lowest BCUT2D eigenvalue weighted by Gasteiger charge is -2.27. The zero-order valence-electron chi connectivity index (χ0n) is 12.4. The minimum atomic E-state index is -3.48. The highest BCUT2D eigenvalue weighted by molar-refractivity contribution is 7.89. The maximum atomic E-state index is 12.2. The van der Waals surface area contributed by atoms with Crippen LogP contribution in [0, 0.1) is 11.8 Å². The molecule has 1 aliphatic carbocycles. The van der Waals surface area contributed by atoms with E-state index in [2.05, 4.69) is 22.1 Å². The fraction of sp³-hybridized carbons (Fsp3) is 0.643. The molecule has 1 saturated carbocycles. The summed E-state index contributed by atoms with van der Waals surface area (Å²) in [5, 5.41) is 0. The highest BCUT2D eigenvalue weighted by atomic mass is 32.2. The molecule has 0 saturated heterocycles. The molecule has 1 aliphatic rings. The third kappa shape index (κ3) is 4.39. The van der Waals surface area contributed by atoms with Gasteiger partial charge in [0.15, 0.2) is 0 Å². The molecule has 0 unspecified atom stereocenters. The Morgan fingerprint density at radius 1 is 1.24 bits per heavy atom. The summed E-state index contributed by atoms with van der Waals surface area (Å²) in [7, 11) is -3.48. The minimum Gasteiger partial charge on any atom is -0.308 e. The molecule has 7 heteroatoms.